The average molecular weight is 344 g/mol. The zero-order chi connectivity index (χ0) is 16.7. The van der Waals surface area contributed by atoms with Gasteiger partial charge in [0, 0.05) is 24.2 Å². The smallest absolute Gasteiger partial charge is 0.308 e. The SMILES string of the molecule is CC(CN(C)C(=O)CSCC(=O)c1ccc(Cl)cc1)C(=O)O. The highest BCUT2D eigenvalue weighted by Crippen LogP contribution is 2.13. The Morgan fingerprint density at radius 2 is 1.82 bits per heavy atom. The van der Waals surface area contributed by atoms with Crippen molar-refractivity contribution in [2.75, 3.05) is 25.1 Å². The largest absolute Gasteiger partial charge is 0.481 e. The Labute approximate surface area is 138 Å². The molecule has 1 aromatic carbocycles. The van der Waals surface area contributed by atoms with Crippen molar-refractivity contribution >= 4 is 41.0 Å². The van der Waals surface area contributed by atoms with Crippen molar-refractivity contribution in [3.05, 3.63) is 34.9 Å². The number of amides is 1. The van der Waals surface area contributed by atoms with E-state index in [1.54, 1.807) is 38.2 Å². The summed E-state index contributed by atoms with van der Waals surface area (Å²) >= 11 is 6.96. The molecule has 1 atom stereocenters. The van der Waals surface area contributed by atoms with Gasteiger partial charge in [-0.1, -0.05) is 18.5 Å². The van der Waals surface area contributed by atoms with Gasteiger partial charge in [-0.2, -0.15) is 0 Å². The van der Waals surface area contributed by atoms with Crippen molar-refractivity contribution in [3.8, 4) is 0 Å². The van der Waals surface area contributed by atoms with Crippen LogP contribution in [0.25, 0.3) is 0 Å². The Hall–Kier alpha value is -1.53. The molecule has 5 nitrogen and oxygen atoms in total. The summed E-state index contributed by atoms with van der Waals surface area (Å²) in [5.41, 5.74) is 0.553. The number of thioether (sulfide) groups is 1. The van der Waals surface area contributed by atoms with Crippen molar-refractivity contribution in [1.29, 1.82) is 0 Å². The van der Waals surface area contributed by atoms with Crippen LogP contribution in [0.5, 0.6) is 0 Å². The number of aliphatic carboxylic acids is 1. The maximum atomic E-state index is 11.9. The molecule has 0 spiro atoms. The molecule has 1 N–H and O–H groups in total. The Morgan fingerprint density at radius 1 is 1.23 bits per heavy atom. The number of halogens is 1. The van der Waals surface area contributed by atoms with Crippen molar-refractivity contribution in [2.45, 2.75) is 6.92 Å². The summed E-state index contributed by atoms with van der Waals surface area (Å²) in [6, 6.07) is 6.58. The van der Waals surface area contributed by atoms with Gasteiger partial charge in [0.1, 0.15) is 0 Å². The lowest BCUT2D eigenvalue weighted by Crippen LogP contribution is -2.34. The molecule has 0 bridgehead atoms. The fourth-order valence-corrected chi connectivity index (χ4v) is 2.63. The number of Topliss-reactive ketones (excluding diaryl/α,β-unsaturated/α-hetero) is 1. The van der Waals surface area contributed by atoms with Crippen LogP contribution in [0.3, 0.4) is 0 Å². The van der Waals surface area contributed by atoms with Gasteiger partial charge in [-0.3, -0.25) is 14.4 Å². The lowest BCUT2D eigenvalue weighted by atomic mass is 10.1. The normalized spacial score (nSPS) is 11.8. The molecule has 1 unspecified atom stereocenters. The molecule has 0 saturated carbocycles. The molecule has 1 amide bonds. The van der Waals surface area contributed by atoms with Crippen LogP contribution in [0.4, 0.5) is 0 Å². The molecule has 0 aliphatic carbocycles. The quantitative estimate of drug-likeness (QED) is 0.734. The molecule has 0 aromatic heterocycles. The molecular weight excluding hydrogens is 326 g/mol. The van der Waals surface area contributed by atoms with Gasteiger partial charge in [-0.15, -0.1) is 11.8 Å². The van der Waals surface area contributed by atoms with Gasteiger partial charge in [0.15, 0.2) is 5.78 Å². The molecular formula is C15H18ClNO4S. The summed E-state index contributed by atoms with van der Waals surface area (Å²) in [6.07, 6.45) is 0. The third-order valence-corrected chi connectivity index (χ3v) is 4.19. The van der Waals surface area contributed by atoms with E-state index in [1.165, 1.54) is 16.7 Å². The van der Waals surface area contributed by atoms with Gasteiger partial charge in [0.25, 0.3) is 0 Å². The Kier molecular flexibility index (Phi) is 7.41. The second-order valence-electron chi connectivity index (χ2n) is 4.94. The predicted octanol–water partition coefficient (Wildman–Crippen LogP) is 2.44. The molecule has 120 valence electrons. The zero-order valence-electron chi connectivity index (χ0n) is 12.4. The fourth-order valence-electron chi connectivity index (χ4n) is 1.65. The number of carbonyl (C=O) groups excluding carboxylic acids is 2. The van der Waals surface area contributed by atoms with Gasteiger partial charge in [0.2, 0.25) is 5.91 Å². The average Bonchev–Trinajstić information content (AvgIpc) is 2.47. The van der Waals surface area contributed by atoms with Gasteiger partial charge in [0.05, 0.1) is 17.4 Å². The second kappa shape index (κ2) is 8.80. The predicted molar refractivity (Wildman–Crippen MR) is 87.5 cm³/mol. The first-order chi connectivity index (χ1) is 10.3. The molecule has 0 fully saturated rings. The summed E-state index contributed by atoms with van der Waals surface area (Å²) in [5.74, 6) is -1.49. The van der Waals surface area contributed by atoms with Crippen LogP contribution in [0.1, 0.15) is 17.3 Å². The molecule has 7 heteroatoms. The van der Waals surface area contributed by atoms with Gasteiger partial charge < -0.3 is 10.0 Å². The summed E-state index contributed by atoms with van der Waals surface area (Å²) < 4.78 is 0. The van der Waals surface area contributed by atoms with Crippen molar-refractivity contribution in [1.82, 2.24) is 4.90 Å². The lowest BCUT2D eigenvalue weighted by Gasteiger charge is -2.19. The number of carboxylic acids is 1. The number of ketones is 1. The molecule has 1 rings (SSSR count). The minimum Gasteiger partial charge on any atom is -0.481 e. The minimum absolute atomic E-state index is 0.0731. The summed E-state index contributed by atoms with van der Waals surface area (Å²) in [4.78, 5) is 35.9. The number of rotatable bonds is 8. The lowest BCUT2D eigenvalue weighted by molar-refractivity contribution is -0.142. The Bertz CT molecular complexity index is 547. The van der Waals surface area contributed by atoms with E-state index in [2.05, 4.69) is 0 Å². The first kappa shape index (κ1) is 18.5. The monoisotopic (exact) mass is 343 g/mol. The standard InChI is InChI=1S/C15H18ClNO4S/c1-10(15(20)21)7-17(2)14(19)9-22-8-13(18)11-3-5-12(16)6-4-11/h3-6,10H,7-9H2,1-2H3,(H,20,21). The maximum Gasteiger partial charge on any atom is 0.308 e. The first-order valence-corrected chi connectivity index (χ1v) is 8.17. The van der Waals surface area contributed by atoms with E-state index >= 15 is 0 Å². The summed E-state index contributed by atoms with van der Waals surface area (Å²) in [7, 11) is 1.56. The van der Waals surface area contributed by atoms with Crippen LogP contribution in [0, 0.1) is 5.92 Å². The van der Waals surface area contributed by atoms with E-state index in [1.807, 2.05) is 0 Å². The zero-order valence-corrected chi connectivity index (χ0v) is 14.0. The Balaban J connectivity index is 2.36. The van der Waals surface area contributed by atoms with Gasteiger partial charge in [-0.25, -0.2) is 0 Å². The van der Waals surface area contributed by atoms with E-state index in [0.29, 0.717) is 10.6 Å². The molecule has 1 aromatic rings. The second-order valence-corrected chi connectivity index (χ2v) is 6.36. The van der Waals surface area contributed by atoms with Crippen molar-refractivity contribution in [3.63, 3.8) is 0 Å². The van der Waals surface area contributed by atoms with Crippen LogP contribution in [-0.4, -0.2) is 52.8 Å². The van der Waals surface area contributed by atoms with Gasteiger partial charge >= 0.3 is 5.97 Å². The minimum atomic E-state index is -0.940. The van der Waals surface area contributed by atoms with Crippen molar-refractivity contribution < 1.29 is 19.5 Å². The third-order valence-electron chi connectivity index (χ3n) is 3.02. The topological polar surface area (TPSA) is 74.7 Å². The first-order valence-electron chi connectivity index (χ1n) is 6.64. The van der Waals surface area contributed by atoms with Gasteiger partial charge in [-0.05, 0) is 24.3 Å². The van der Waals surface area contributed by atoms with E-state index in [9.17, 15) is 14.4 Å². The number of carbonyl (C=O) groups is 3. The highest BCUT2D eigenvalue weighted by atomic mass is 35.5. The molecule has 0 saturated heterocycles. The highest BCUT2D eigenvalue weighted by Gasteiger charge is 2.17. The van der Waals surface area contributed by atoms with E-state index < -0.39 is 11.9 Å². The number of hydrogen-bond donors (Lipinski definition) is 1. The maximum absolute atomic E-state index is 11.9. The highest BCUT2D eigenvalue weighted by molar-refractivity contribution is 8.00. The summed E-state index contributed by atoms with van der Waals surface area (Å²) in [6.45, 7) is 1.70. The molecule has 0 heterocycles. The van der Waals surface area contributed by atoms with E-state index in [-0.39, 0.29) is 29.7 Å². The molecule has 22 heavy (non-hydrogen) atoms. The van der Waals surface area contributed by atoms with Crippen molar-refractivity contribution in [2.24, 2.45) is 5.92 Å². The fraction of sp³-hybridized carbons (Fsp3) is 0.400. The third kappa shape index (κ3) is 6.07. The number of hydrogen-bond acceptors (Lipinski definition) is 4. The van der Waals surface area contributed by atoms with Crippen LogP contribution < -0.4 is 0 Å². The number of carboxylic acid groups (broad SMARTS) is 1. The number of benzene rings is 1. The number of nitrogens with zero attached hydrogens (tertiary/aromatic N) is 1. The molecule has 0 radical (unpaired) electrons. The molecule has 0 aliphatic rings. The van der Waals surface area contributed by atoms with Crippen LogP contribution in [0.2, 0.25) is 5.02 Å². The van der Waals surface area contributed by atoms with Crippen LogP contribution >= 0.6 is 23.4 Å². The summed E-state index contributed by atoms with van der Waals surface area (Å²) in [5, 5.41) is 9.37. The van der Waals surface area contributed by atoms with E-state index in [0.717, 1.165) is 0 Å². The van der Waals surface area contributed by atoms with Crippen LogP contribution in [-0.2, 0) is 9.59 Å². The van der Waals surface area contributed by atoms with E-state index in [4.69, 9.17) is 16.7 Å². The molecule has 0 aliphatic heterocycles. The van der Waals surface area contributed by atoms with Crippen LogP contribution in [0.15, 0.2) is 24.3 Å². The Morgan fingerprint density at radius 3 is 2.36 bits per heavy atom.